The quantitative estimate of drug-likeness (QED) is 0.589. The van der Waals surface area contributed by atoms with Gasteiger partial charge in [-0.3, -0.25) is 4.79 Å². The summed E-state index contributed by atoms with van der Waals surface area (Å²) in [6, 6.07) is 0. The SMILES string of the molecule is CC(=O)OC[C@@H]1C[C@@H]2CC[C@@H]1C2. The predicted octanol–water partition coefficient (Wildman–Crippen LogP) is 1.99. The van der Waals surface area contributed by atoms with E-state index in [2.05, 4.69) is 0 Å². The molecule has 0 radical (unpaired) electrons. The molecule has 3 atom stereocenters. The number of carbonyl (C=O) groups excluding carboxylic acids is 1. The molecule has 12 heavy (non-hydrogen) atoms. The second-order valence-corrected chi connectivity index (χ2v) is 4.24. The van der Waals surface area contributed by atoms with E-state index < -0.39 is 0 Å². The van der Waals surface area contributed by atoms with Gasteiger partial charge in [-0.1, -0.05) is 6.42 Å². The van der Waals surface area contributed by atoms with Crippen LogP contribution in [0.15, 0.2) is 0 Å². The molecule has 2 bridgehead atoms. The van der Waals surface area contributed by atoms with Gasteiger partial charge in [0.25, 0.3) is 0 Å². The minimum absolute atomic E-state index is 0.127. The van der Waals surface area contributed by atoms with Crippen LogP contribution < -0.4 is 0 Å². The maximum absolute atomic E-state index is 10.6. The number of esters is 1. The van der Waals surface area contributed by atoms with E-state index in [0.29, 0.717) is 12.5 Å². The van der Waals surface area contributed by atoms with Crippen LogP contribution in [-0.4, -0.2) is 12.6 Å². The Balaban J connectivity index is 1.79. The Bertz CT molecular complexity index is 188. The van der Waals surface area contributed by atoms with Gasteiger partial charge in [-0.15, -0.1) is 0 Å². The third-order valence-electron chi connectivity index (χ3n) is 3.39. The lowest BCUT2D eigenvalue weighted by atomic mass is 9.90. The molecular weight excluding hydrogens is 152 g/mol. The van der Waals surface area contributed by atoms with Crippen molar-refractivity contribution in [3.8, 4) is 0 Å². The number of carbonyl (C=O) groups is 1. The van der Waals surface area contributed by atoms with E-state index in [0.717, 1.165) is 11.8 Å². The fourth-order valence-corrected chi connectivity index (χ4v) is 2.80. The molecule has 0 unspecified atom stereocenters. The molecule has 2 aliphatic carbocycles. The molecule has 2 nitrogen and oxygen atoms in total. The molecule has 0 aromatic heterocycles. The number of rotatable bonds is 2. The summed E-state index contributed by atoms with van der Waals surface area (Å²) in [5.74, 6) is 2.38. The molecular formula is C10H16O2. The van der Waals surface area contributed by atoms with Crippen molar-refractivity contribution in [1.29, 1.82) is 0 Å². The smallest absolute Gasteiger partial charge is 0.302 e. The van der Waals surface area contributed by atoms with Gasteiger partial charge in [-0.25, -0.2) is 0 Å². The molecule has 2 saturated carbocycles. The van der Waals surface area contributed by atoms with Crippen molar-refractivity contribution in [3.05, 3.63) is 0 Å². The van der Waals surface area contributed by atoms with Gasteiger partial charge >= 0.3 is 5.97 Å². The standard InChI is InChI=1S/C10H16O2/c1-7(11)12-6-10-5-8-2-3-9(10)4-8/h8-10H,2-6H2,1H3/t8-,9-,10+/m1/s1. The maximum Gasteiger partial charge on any atom is 0.302 e. The summed E-state index contributed by atoms with van der Waals surface area (Å²) in [4.78, 5) is 10.6. The van der Waals surface area contributed by atoms with Crippen molar-refractivity contribution < 1.29 is 9.53 Å². The third-order valence-corrected chi connectivity index (χ3v) is 3.39. The number of hydrogen-bond acceptors (Lipinski definition) is 2. The summed E-state index contributed by atoms with van der Waals surface area (Å²) in [5, 5.41) is 0. The maximum atomic E-state index is 10.6. The van der Waals surface area contributed by atoms with Crippen LogP contribution in [-0.2, 0) is 9.53 Å². The number of ether oxygens (including phenoxy) is 1. The Morgan fingerprint density at radius 2 is 2.25 bits per heavy atom. The second kappa shape index (κ2) is 3.08. The zero-order valence-corrected chi connectivity index (χ0v) is 7.58. The minimum atomic E-state index is -0.127. The fraction of sp³-hybridized carbons (Fsp3) is 0.900. The van der Waals surface area contributed by atoms with E-state index >= 15 is 0 Å². The lowest BCUT2D eigenvalue weighted by molar-refractivity contribution is -0.142. The van der Waals surface area contributed by atoms with Gasteiger partial charge in [0, 0.05) is 6.92 Å². The minimum Gasteiger partial charge on any atom is -0.466 e. The molecule has 0 N–H and O–H groups in total. The van der Waals surface area contributed by atoms with Gasteiger partial charge in [0.05, 0.1) is 6.61 Å². The Kier molecular flexibility index (Phi) is 2.07. The summed E-state index contributed by atoms with van der Waals surface area (Å²) in [6.45, 7) is 2.17. The van der Waals surface area contributed by atoms with Crippen molar-refractivity contribution in [2.45, 2.75) is 32.6 Å². The van der Waals surface area contributed by atoms with E-state index in [-0.39, 0.29) is 5.97 Å². The summed E-state index contributed by atoms with van der Waals surface area (Å²) in [6.07, 6.45) is 5.49. The summed E-state index contributed by atoms with van der Waals surface area (Å²) < 4.78 is 5.04. The third kappa shape index (κ3) is 1.47. The first-order valence-electron chi connectivity index (χ1n) is 4.89. The van der Waals surface area contributed by atoms with Crippen molar-refractivity contribution in [2.75, 3.05) is 6.61 Å². The molecule has 0 heterocycles. The van der Waals surface area contributed by atoms with Gasteiger partial charge in [0.15, 0.2) is 0 Å². The Hall–Kier alpha value is -0.530. The highest BCUT2D eigenvalue weighted by molar-refractivity contribution is 5.65. The van der Waals surface area contributed by atoms with Gasteiger partial charge < -0.3 is 4.74 Å². The molecule has 0 saturated heterocycles. The number of fused-ring (bicyclic) bond motifs is 2. The molecule has 0 aliphatic heterocycles. The molecule has 0 aromatic carbocycles. The summed E-state index contributed by atoms with van der Waals surface area (Å²) in [7, 11) is 0. The Labute approximate surface area is 73.3 Å². The van der Waals surface area contributed by atoms with Crippen molar-refractivity contribution >= 4 is 5.97 Å². The normalized spacial score (nSPS) is 38.6. The van der Waals surface area contributed by atoms with Crippen LogP contribution >= 0.6 is 0 Å². The largest absolute Gasteiger partial charge is 0.466 e. The predicted molar refractivity (Wildman–Crippen MR) is 45.6 cm³/mol. The van der Waals surface area contributed by atoms with E-state index in [1.165, 1.54) is 32.6 Å². The van der Waals surface area contributed by atoms with Crippen molar-refractivity contribution in [3.63, 3.8) is 0 Å². The van der Waals surface area contributed by atoms with Gasteiger partial charge in [0.1, 0.15) is 0 Å². The lowest BCUT2D eigenvalue weighted by Gasteiger charge is -2.20. The topological polar surface area (TPSA) is 26.3 Å². The second-order valence-electron chi connectivity index (χ2n) is 4.24. The van der Waals surface area contributed by atoms with Crippen molar-refractivity contribution in [1.82, 2.24) is 0 Å². The molecule has 2 heteroatoms. The first kappa shape index (κ1) is 8.09. The molecule has 0 aromatic rings. The molecule has 0 amide bonds. The highest BCUT2D eigenvalue weighted by atomic mass is 16.5. The van der Waals surface area contributed by atoms with E-state index in [4.69, 9.17) is 4.74 Å². The average Bonchev–Trinajstić information content (AvgIpc) is 2.60. The Morgan fingerprint density at radius 3 is 2.75 bits per heavy atom. The van der Waals surface area contributed by atoms with Crippen LogP contribution in [0.5, 0.6) is 0 Å². The zero-order chi connectivity index (χ0) is 8.55. The Morgan fingerprint density at radius 1 is 1.42 bits per heavy atom. The van der Waals surface area contributed by atoms with Gasteiger partial charge in [-0.05, 0) is 37.0 Å². The van der Waals surface area contributed by atoms with Crippen LogP contribution in [0.25, 0.3) is 0 Å². The van der Waals surface area contributed by atoms with Gasteiger partial charge in [0.2, 0.25) is 0 Å². The van der Waals surface area contributed by atoms with Crippen LogP contribution in [0, 0.1) is 17.8 Å². The van der Waals surface area contributed by atoms with Crippen LogP contribution in [0.4, 0.5) is 0 Å². The van der Waals surface area contributed by atoms with E-state index in [1.54, 1.807) is 0 Å². The monoisotopic (exact) mass is 168 g/mol. The highest BCUT2D eigenvalue weighted by Crippen LogP contribution is 2.48. The van der Waals surface area contributed by atoms with Crippen LogP contribution in [0.1, 0.15) is 32.6 Å². The van der Waals surface area contributed by atoms with E-state index in [1.807, 2.05) is 0 Å². The van der Waals surface area contributed by atoms with Crippen LogP contribution in [0.3, 0.4) is 0 Å². The first-order chi connectivity index (χ1) is 5.75. The summed E-state index contributed by atoms with van der Waals surface area (Å²) >= 11 is 0. The zero-order valence-electron chi connectivity index (χ0n) is 7.58. The molecule has 2 rings (SSSR count). The average molecular weight is 168 g/mol. The fourth-order valence-electron chi connectivity index (χ4n) is 2.80. The number of hydrogen-bond donors (Lipinski definition) is 0. The molecule has 68 valence electrons. The van der Waals surface area contributed by atoms with E-state index in [9.17, 15) is 4.79 Å². The van der Waals surface area contributed by atoms with Gasteiger partial charge in [-0.2, -0.15) is 0 Å². The first-order valence-corrected chi connectivity index (χ1v) is 4.89. The van der Waals surface area contributed by atoms with Crippen molar-refractivity contribution in [2.24, 2.45) is 17.8 Å². The summed E-state index contributed by atoms with van der Waals surface area (Å²) in [5.41, 5.74) is 0. The van der Waals surface area contributed by atoms with Crippen LogP contribution in [0.2, 0.25) is 0 Å². The molecule has 2 fully saturated rings. The lowest BCUT2D eigenvalue weighted by Crippen LogP contribution is -2.18. The molecule has 2 aliphatic rings. The highest BCUT2D eigenvalue weighted by Gasteiger charge is 2.39. The molecule has 0 spiro atoms.